The Hall–Kier alpha value is 0.410. The van der Waals surface area contributed by atoms with Crippen LogP contribution in [0.15, 0.2) is 0 Å². The zero-order valence-corrected chi connectivity index (χ0v) is 30.2. The molecule has 236 valence electrons. The van der Waals surface area contributed by atoms with Gasteiger partial charge in [0.05, 0.1) is 12.7 Å². The summed E-state index contributed by atoms with van der Waals surface area (Å²) in [4.78, 5) is 12.8. The first-order valence-corrected chi connectivity index (χ1v) is 18.3. The summed E-state index contributed by atoms with van der Waals surface area (Å²) in [6, 6.07) is 0. The van der Waals surface area contributed by atoms with E-state index in [1.54, 1.807) is 6.92 Å². The van der Waals surface area contributed by atoms with Crippen LogP contribution in [0.1, 0.15) is 112 Å². The van der Waals surface area contributed by atoms with E-state index < -0.39 is 38.9 Å². The number of hydrogen-bond acceptors (Lipinski definition) is 7. The predicted molar refractivity (Wildman–Crippen MR) is 153 cm³/mol. The van der Waals surface area contributed by atoms with E-state index in [2.05, 4.69) is 34.6 Å². The van der Waals surface area contributed by atoms with Crippen molar-refractivity contribution in [3.8, 4) is 0 Å². The summed E-state index contributed by atoms with van der Waals surface area (Å²) in [5.74, 6) is 2.03. The van der Waals surface area contributed by atoms with E-state index in [1.807, 2.05) is 0 Å². The molecule has 1 unspecified atom stereocenters. The molecule has 0 aliphatic heterocycles. The maximum atomic E-state index is 12.8. The van der Waals surface area contributed by atoms with Crippen LogP contribution in [0, 0.1) is 56.7 Å². The molecule has 2 spiro atoms. The monoisotopic (exact) mass is 641 g/mol. The summed E-state index contributed by atoms with van der Waals surface area (Å²) in [7, 11) is -9.52. The van der Waals surface area contributed by atoms with Crippen LogP contribution in [0.5, 0.6) is 0 Å². The standard InChI is InChI=1S/C30H50O9S2.Na/c1-19(2)15-21(31)16-20(3)22-9-11-28(6)24-8-7-23-26(4,18-38-40(32,33)34)25(39-41(35,36)37)10-12-29(23)17-30(24,29)14-13-27(22,28)5;/h19-20,22-25H,7-18H2,1-6H3,(H,32,33,34)(H,35,36,37);/q;+1/t20?,22-,23+,24+,25+,26+,27-,28+,29-,30+;/m1./s1. The van der Waals surface area contributed by atoms with Crippen LogP contribution >= 0.6 is 0 Å². The summed E-state index contributed by atoms with van der Waals surface area (Å²) in [5.41, 5.74) is -0.738. The number of carbonyl (C=O) groups is 1. The van der Waals surface area contributed by atoms with Gasteiger partial charge in [-0.2, -0.15) is 16.8 Å². The molecular weight excluding hydrogens is 591 g/mol. The van der Waals surface area contributed by atoms with Gasteiger partial charge in [-0.25, -0.2) is 8.37 Å². The third-order valence-corrected chi connectivity index (χ3v) is 14.4. The second-order valence-electron chi connectivity index (χ2n) is 15.7. The van der Waals surface area contributed by atoms with E-state index in [0.717, 1.165) is 51.4 Å². The van der Waals surface area contributed by atoms with Gasteiger partial charge in [0.1, 0.15) is 5.78 Å². The second kappa shape index (κ2) is 11.3. The molecule has 10 atom stereocenters. The van der Waals surface area contributed by atoms with Crippen LogP contribution in [-0.2, 0) is 34.0 Å². The van der Waals surface area contributed by atoms with Crippen molar-refractivity contribution in [3.63, 3.8) is 0 Å². The summed E-state index contributed by atoms with van der Waals surface area (Å²) >= 11 is 0. The molecule has 9 nitrogen and oxygen atoms in total. The summed E-state index contributed by atoms with van der Waals surface area (Å²) in [6.07, 6.45) is 8.65. The average Bonchev–Trinajstić information content (AvgIpc) is 3.40. The van der Waals surface area contributed by atoms with Crippen molar-refractivity contribution < 1.29 is 68.7 Å². The molecule has 5 saturated carbocycles. The summed E-state index contributed by atoms with van der Waals surface area (Å²) in [6.45, 7) is 12.8. The van der Waals surface area contributed by atoms with Crippen molar-refractivity contribution in [3.05, 3.63) is 0 Å². The number of hydrogen-bond donors (Lipinski definition) is 2. The molecule has 0 amide bonds. The number of Topliss-reactive ketones (excluding diaryl/α,β-unsaturated/α-hetero) is 1. The van der Waals surface area contributed by atoms with Crippen LogP contribution in [0.25, 0.3) is 0 Å². The molecule has 5 aliphatic rings. The molecule has 5 rings (SSSR count). The molecule has 0 bridgehead atoms. The minimum Gasteiger partial charge on any atom is -0.300 e. The van der Waals surface area contributed by atoms with E-state index in [9.17, 15) is 30.7 Å². The van der Waals surface area contributed by atoms with Crippen molar-refractivity contribution in [2.24, 2.45) is 56.7 Å². The van der Waals surface area contributed by atoms with Gasteiger partial charge in [0.25, 0.3) is 0 Å². The number of fused-ring (bicyclic) bond motifs is 2. The van der Waals surface area contributed by atoms with E-state index >= 15 is 0 Å². The first-order chi connectivity index (χ1) is 18.7. The molecule has 5 fully saturated rings. The minimum atomic E-state index is -4.77. The van der Waals surface area contributed by atoms with Crippen molar-refractivity contribution in [2.45, 2.75) is 118 Å². The van der Waals surface area contributed by atoms with Gasteiger partial charge in [0.2, 0.25) is 0 Å². The van der Waals surface area contributed by atoms with Crippen molar-refractivity contribution in [1.82, 2.24) is 0 Å². The molecule has 42 heavy (non-hydrogen) atoms. The molecule has 0 saturated heterocycles. The minimum absolute atomic E-state index is 0. The molecule has 0 aromatic rings. The zero-order valence-electron chi connectivity index (χ0n) is 26.5. The normalized spacial score (nSPS) is 45.2. The van der Waals surface area contributed by atoms with Crippen LogP contribution in [0.4, 0.5) is 0 Å². The summed E-state index contributed by atoms with van der Waals surface area (Å²) in [5, 5.41) is 0. The van der Waals surface area contributed by atoms with E-state index in [1.165, 1.54) is 0 Å². The van der Waals surface area contributed by atoms with Crippen molar-refractivity contribution >= 4 is 26.6 Å². The molecule has 2 N–H and O–H groups in total. The molecule has 12 heteroatoms. The van der Waals surface area contributed by atoms with E-state index in [-0.39, 0.29) is 57.1 Å². The van der Waals surface area contributed by atoms with Gasteiger partial charge >= 0.3 is 50.4 Å². The second-order valence-corrected chi connectivity index (χ2v) is 17.9. The average molecular weight is 642 g/mol. The van der Waals surface area contributed by atoms with Gasteiger partial charge in [-0.05, 0) is 109 Å². The number of rotatable bonds is 10. The third-order valence-electron chi connectivity index (χ3n) is 13.5. The van der Waals surface area contributed by atoms with Gasteiger partial charge in [-0.15, -0.1) is 0 Å². The number of carbonyl (C=O) groups excluding carboxylic acids is 1. The third kappa shape index (κ3) is 5.54. The maximum absolute atomic E-state index is 12.8. The van der Waals surface area contributed by atoms with Crippen LogP contribution in [0.3, 0.4) is 0 Å². The zero-order chi connectivity index (χ0) is 30.4. The maximum Gasteiger partial charge on any atom is 1.00 e. The Morgan fingerprint density at radius 2 is 1.43 bits per heavy atom. The van der Waals surface area contributed by atoms with Gasteiger partial charge < -0.3 is 0 Å². The Labute approximate surface area is 275 Å². The molecule has 5 aliphatic carbocycles. The van der Waals surface area contributed by atoms with Crippen LogP contribution in [0.2, 0.25) is 0 Å². The quantitative estimate of drug-likeness (QED) is 0.272. The van der Waals surface area contributed by atoms with Crippen molar-refractivity contribution in [2.75, 3.05) is 6.61 Å². The van der Waals surface area contributed by atoms with Gasteiger partial charge in [0, 0.05) is 18.3 Å². The molecule has 0 heterocycles. The van der Waals surface area contributed by atoms with Gasteiger partial charge in [-0.3, -0.25) is 13.9 Å². The van der Waals surface area contributed by atoms with E-state index in [0.29, 0.717) is 48.7 Å². The van der Waals surface area contributed by atoms with Gasteiger partial charge in [-0.1, -0.05) is 41.5 Å². The fourth-order valence-corrected chi connectivity index (χ4v) is 12.9. The SMILES string of the molecule is CC(C)CC(=O)CC(C)[C@H]1CC[C@@]2(C)[C@@H]3CC[C@H]4[C@](C)(COS(=O)(=O)O)[C@@H](OS(=O)(=O)O)CC[C@@]45C[C@@]35CC[C@]12C.[Na+]. The Morgan fingerprint density at radius 3 is 2.02 bits per heavy atom. The fraction of sp³-hybridized carbons (Fsp3) is 0.967. The van der Waals surface area contributed by atoms with Gasteiger partial charge in [0.15, 0.2) is 0 Å². The van der Waals surface area contributed by atoms with Crippen LogP contribution < -0.4 is 29.6 Å². The molecule has 0 radical (unpaired) electrons. The smallest absolute Gasteiger partial charge is 0.300 e. The Bertz CT molecular complexity index is 1290. The topological polar surface area (TPSA) is 144 Å². The largest absolute Gasteiger partial charge is 1.00 e. The fourth-order valence-electron chi connectivity index (χ4n) is 11.9. The predicted octanol–water partition coefficient (Wildman–Crippen LogP) is 3.06. The molecule has 0 aromatic carbocycles. The van der Waals surface area contributed by atoms with Crippen LogP contribution in [-0.4, -0.2) is 44.4 Å². The Morgan fingerprint density at radius 1 is 0.810 bits per heavy atom. The van der Waals surface area contributed by atoms with E-state index in [4.69, 9.17) is 8.37 Å². The Balaban J connectivity index is 0.00000405. The first kappa shape index (κ1) is 35.3. The first-order valence-electron chi connectivity index (χ1n) is 15.5. The van der Waals surface area contributed by atoms with Crippen molar-refractivity contribution in [1.29, 1.82) is 0 Å². The molecule has 0 aromatic heterocycles. The summed E-state index contributed by atoms with van der Waals surface area (Å²) < 4.78 is 75.7. The Kier molecular flexibility index (Phi) is 9.48. The number of ketones is 1. The molecular formula is C30H50NaO9S2+.